The number of hydrogen-bond acceptors (Lipinski definition) is 3. The highest BCUT2D eigenvalue weighted by Crippen LogP contribution is 2.34. The molecule has 4 amide bonds. The second-order valence-electron chi connectivity index (χ2n) is 8.28. The number of halogens is 1. The second-order valence-corrected chi connectivity index (χ2v) is 8.69. The average Bonchev–Trinajstić information content (AvgIpc) is 3.35. The molecule has 0 unspecified atom stereocenters. The maximum atomic E-state index is 12.8. The zero-order chi connectivity index (χ0) is 23.6. The number of nitrogens with zero attached hydrogens (tertiary/aromatic N) is 1. The molecule has 0 aliphatic carbocycles. The van der Waals surface area contributed by atoms with E-state index in [9.17, 15) is 14.4 Å². The molecule has 4 rings (SSSR count). The molecule has 1 fully saturated rings. The van der Waals surface area contributed by atoms with Crippen LogP contribution in [0.1, 0.15) is 43.7 Å². The number of carbonyl (C=O) groups excluding carboxylic acids is 3. The van der Waals surface area contributed by atoms with Crippen molar-refractivity contribution in [3.8, 4) is 0 Å². The Morgan fingerprint density at radius 2 is 1.76 bits per heavy atom. The molecular weight excluding hydrogens is 440 g/mol. The molecule has 3 N–H and O–H groups in total. The smallest absolute Gasteiger partial charge is 0.325 e. The maximum Gasteiger partial charge on any atom is 0.325 e. The zero-order valence-electron chi connectivity index (χ0n) is 18.7. The van der Waals surface area contributed by atoms with Crippen LogP contribution in [0.15, 0.2) is 54.7 Å². The first-order chi connectivity index (χ1) is 15.9. The first kappa shape index (κ1) is 22.9. The average molecular weight is 467 g/mol. The lowest BCUT2D eigenvalue weighted by molar-refractivity contribution is -0.135. The summed E-state index contributed by atoms with van der Waals surface area (Å²) in [5.74, 6) is -0.974. The Hall–Kier alpha value is -3.32. The molecule has 1 aliphatic heterocycles. The molecule has 1 aromatic heterocycles. The van der Waals surface area contributed by atoms with Gasteiger partial charge >= 0.3 is 6.03 Å². The lowest BCUT2D eigenvalue weighted by atomic mass is 9.90. The molecule has 2 aromatic carbocycles. The van der Waals surface area contributed by atoms with Gasteiger partial charge in [-0.15, -0.1) is 0 Å². The van der Waals surface area contributed by atoms with Gasteiger partial charge in [0.15, 0.2) is 0 Å². The molecule has 0 radical (unpaired) electrons. The van der Waals surface area contributed by atoms with Gasteiger partial charge in [0, 0.05) is 34.6 Å². The number of nitrogens with one attached hydrogen (secondary N) is 3. The van der Waals surface area contributed by atoms with Crippen LogP contribution in [0.3, 0.4) is 0 Å². The van der Waals surface area contributed by atoms with Crippen LogP contribution in [0.4, 0.5) is 4.79 Å². The SMILES string of the molecule is CCC1(CC)NC(=O)N(CC(=O)NC[C@H](c2ccccc2Cl)c2c[nH]c3ccccc23)C1=O. The third-order valence-electron chi connectivity index (χ3n) is 6.54. The van der Waals surface area contributed by atoms with Gasteiger partial charge in [0.25, 0.3) is 5.91 Å². The standard InChI is InChI=1S/C25H27ClN4O3/c1-3-25(4-2)23(32)30(24(33)29-25)15-22(31)28-14-18(16-9-5-7-11-20(16)26)19-13-27-21-12-8-6-10-17(19)21/h5-13,18,27H,3-4,14-15H2,1-2H3,(H,28,31)(H,29,33)/t18-/m1/s1. The van der Waals surface area contributed by atoms with Crippen LogP contribution >= 0.6 is 11.6 Å². The number of H-pyrrole nitrogens is 1. The van der Waals surface area contributed by atoms with E-state index in [0.717, 1.165) is 26.9 Å². The predicted octanol–water partition coefficient (Wildman–Crippen LogP) is 4.18. The minimum Gasteiger partial charge on any atom is -0.361 e. The Morgan fingerprint density at radius 3 is 2.45 bits per heavy atom. The molecule has 0 spiro atoms. The topological polar surface area (TPSA) is 94.3 Å². The number of benzene rings is 2. The van der Waals surface area contributed by atoms with Crippen LogP contribution in [0.25, 0.3) is 10.9 Å². The second kappa shape index (κ2) is 9.27. The Morgan fingerprint density at radius 1 is 1.06 bits per heavy atom. The molecule has 1 atom stereocenters. The van der Waals surface area contributed by atoms with Crippen molar-refractivity contribution in [2.24, 2.45) is 0 Å². The van der Waals surface area contributed by atoms with Gasteiger partial charge in [-0.2, -0.15) is 0 Å². The number of fused-ring (bicyclic) bond motifs is 1. The highest BCUT2D eigenvalue weighted by molar-refractivity contribution is 6.31. The Kier molecular flexibility index (Phi) is 6.42. The Balaban J connectivity index is 1.55. The fourth-order valence-corrected chi connectivity index (χ4v) is 4.76. The fourth-order valence-electron chi connectivity index (χ4n) is 4.49. The van der Waals surface area contributed by atoms with Crippen LogP contribution < -0.4 is 10.6 Å². The van der Waals surface area contributed by atoms with Crippen molar-refractivity contribution < 1.29 is 14.4 Å². The lowest BCUT2D eigenvalue weighted by Crippen LogP contribution is -2.46. The summed E-state index contributed by atoms with van der Waals surface area (Å²) in [5.41, 5.74) is 1.95. The third kappa shape index (κ3) is 4.20. The van der Waals surface area contributed by atoms with Crippen LogP contribution in [0.5, 0.6) is 0 Å². The van der Waals surface area contributed by atoms with Crippen LogP contribution in [-0.2, 0) is 9.59 Å². The van der Waals surface area contributed by atoms with Crippen LogP contribution in [0, 0.1) is 0 Å². The van der Waals surface area contributed by atoms with Gasteiger partial charge in [-0.3, -0.25) is 14.5 Å². The van der Waals surface area contributed by atoms with Gasteiger partial charge in [-0.1, -0.05) is 61.8 Å². The molecule has 0 saturated carbocycles. The maximum absolute atomic E-state index is 12.8. The van der Waals surface area contributed by atoms with E-state index < -0.39 is 17.5 Å². The molecule has 1 aliphatic rings. The number of para-hydroxylation sites is 1. The van der Waals surface area contributed by atoms with Gasteiger partial charge in [-0.05, 0) is 36.1 Å². The number of aromatic amines is 1. The number of carbonyl (C=O) groups is 3. The molecule has 7 nitrogen and oxygen atoms in total. The quantitative estimate of drug-likeness (QED) is 0.435. The molecule has 1 saturated heterocycles. The minimum atomic E-state index is -0.929. The van der Waals surface area contributed by atoms with Crippen molar-refractivity contribution in [1.82, 2.24) is 20.5 Å². The number of imide groups is 1. The summed E-state index contributed by atoms with van der Waals surface area (Å²) in [5, 5.41) is 7.30. The van der Waals surface area contributed by atoms with E-state index in [1.54, 1.807) is 0 Å². The first-order valence-corrected chi connectivity index (χ1v) is 11.5. The Labute approximate surface area is 197 Å². The summed E-state index contributed by atoms with van der Waals surface area (Å²) in [6.45, 7) is 3.64. The monoisotopic (exact) mass is 466 g/mol. The van der Waals surface area contributed by atoms with E-state index in [1.165, 1.54) is 0 Å². The summed E-state index contributed by atoms with van der Waals surface area (Å²) in [4.78, 5) is 42.3. The van der Waals surface area contributed by atoms with Gasteiger partial charge in [0.1, 0.15) is 12.1 Å². The van der Waals surface area contributed by atoms with Crippen molar-refractivity contribution in [3.63, 3.8) is 0 Å². The summed E-state index contributed by atoms with van der Waals surface area (Å²) < 4.78 is 0. The number of rotatable bonds is 8. The molecule has 0 bridgehead atoms. The van der Waals surface area contributed by atoms with Crippen molar-refractivity contribution in [2.45, 2.75) is 38.1 Å². The van der Waals surface area contributed by atoms with E-state index >= 15 is 0 Å². The van der Waals surface area contributed by atoms with E-state index in [1.807, 2.05) is 68.6 Å². The molecule has 2 heterocycles. The molecule has 8 heteroatoms. The van der Waals surface area contributed by atoms with Crippen LogP contribution in [-0.4, -0.2) is 46.4 Å². The predicted molar refractivity (Wildman–Crippen MR) is 128 cm³/mol. The third-order valence-corrected chi connectivity index (χ3v) is 6.88. The number of amides is 4. The summed E-state index contributed by atoms with van der Waals surface area (Å²) in [6, 6.07) is 14.9. The molecule has 3 aromatic rings. The van der Waals surface area contributed by atoms with Crippen molar-refractivity contribution >= 4 is 40.3 Å². The number of hydrogen-bond donors (Lipinski definition) is 3. The van der Waals surface area contributed by atoms with Gasteiger partial charge < -0.3 is 15.6 Å². The molecule has 172 valence electrons. The highest BCUT2D eigenvalue weighted by Gasteiger charge is 2.49. The normalized spacial score (nSPS) is 16.2. The van der Waals surface area contributed by atoms with E-state index in [0.29, 0.717) is 17.9 Å². The molecular formula is C25H27ClN4O3. The number of urea groups is 1. The summed E-state index contributed by atoms with van der Waals surface area (Å²) in [6.07, 6.45) is 2.88. The van der Waals surface area contributed by atoms with Crippen LogP contribution in [0.2, 0.25) is 5.02 Å². The van der Waals surface area contributed by atoms with Crippen molar-refractivity contribution in [3.05, 3.63) is 70.9 Å². The Bertz CT molecular complexity index is 1200. The lowest BCUT2D eigenvalue weighted by Gasteiger charge is -2.23. The highest BCUT2D eigenvalue weighted by atomic mass is 35.5. The fraction of sp³-hybridized carbons (Fsp3) is 0.320. The molecule has 33 heavy (non-hydrogen) atoms. The number of aromatic nitrogens is 1. The summed E-state index contributed by atoms with van der Waals surface area (Å²) >= 11 is 6.51. The van der Waals surface area contributed by atoms with E-state index in [-0.39, 0.29) is 24.9 Å². The van der Waals surface area contributed by atoms with Gasteiger partial charge in [0.2, 0.25) is 5.91 Å². The van der Waals surface area contributed by atoms with Gasteiger partial charge in [0.05, 0.1) is 0 Å². The zero-order valence-corrected chi connectivity index (χ0v) is 19.4. The van der Waals surface area contributed by atoms with Crippen molar-refractivity contribution in [2.75, 3.05) is 13.1 Å². The first-order valence-electron chi connectivity index (χ1n) is 11.1. The van der Waals surface area contributed by atoms with E-state index in [2.05, 4.69) is 15.6 Å². The van der Waals surface area contributed by atoms with Gasteiger partial charge in [-0.25, -0.2) is 4.79 Å². The minimum absolute atomic E-state index is 0.215. The largest absolute Gasteiger partial charge is 0.361 e. The summed E-state index contributed by atoms with van der Waals surface area (Å²) in [7, 11) is 0. The van der Waals surface area contributed by atoms with Crippen molar-refractivity contribution in [1.29, 1.82) is 0 Å². The van der Waals surface area contributed by atoms with E-state index in [4.69, 9.17) is 11.6 Å².